The maximum absolute atomic E-state index is 12.1. The fourth-order valence-corrected chi connectivity index (χ4v) is 1.85. The predicted octanol–water partition coefficient (Wildman–Crippen LogP) is 1.87. The minimum Gasteiger partial charge on any atom is -0.269 e. The lowest BCUT2D eigenvalue weighted by atomic mass is 10.2. The van der Waals surface area contributed by atoms with Crippen molar-refractivity contribution in [1.82, 2.24) is 9.38 Å². The van der Waals surface area contributed by atoms with Crippen molar-refractivity contribution in [3.63, 3.8) is 0 Å². The van der Waals surface area contributed by atoms with Crippen LogP contribution in [0.1, 0.15) is 23.7 Å². The zero-order chi connectivity index (χ0) is 11.0. The molecule has 0 unspecified atom stereocenters. The van der Waals surface area contributed by atoms with Crippen LogP contribution in [0.2, 0.25) is 0 Å². The molecule has 0 aromatic carbocycles. The highest BCUT2D eigenvalue weighted by Crippen LogP contribution is 2.08. The molecule has 15 heavy (non-hydrogen) atoms. The molecule has 0 saturated carbocycles. The van der Waals surface area contributed by atoms with Crippen LogP contribution >= 0.6 is 0 Å². The molecule has 0 atom stereocenters. The van der Waals surface area contributed by atoms with Crippen LogP contribution in [-0.2, 0) is 6.42 Å². The average molecular weight is 202 g/mol. The second-order valence-corrected chi connectivity index (χ2v) is 3.72. The first kappa shape index (κ1) is 9.90. The van der Waals surface area contributed by atoms with E-state index in [1.807, 2.05) is 32.9 Å². The van der Waals surface area contributed by atoms with Crippen molar-refractivity contribution >= 4 is 5.65 Å². The lowest BCUT2D eigenvalue weighted by Gasteiger charge is -2.07. The Kier molecular flexibility index (Phi) is 2.31. The summed E-state index contributed by atoms with van der Waals surface area (Å²) in [6, 6.07) is 3.84. The van der Waals surface area contributed by atoms with Crippen molar-refractivity contribution in [1.29, 1.82) is 0 Å². The molecule has 0 bridgehead atoms. The van der Waals surface area contributed by atoms with Gasteiger partial charge in [0.15, 0.2) is 0 Å². The van der Waals surface area contributed by atoms with Gasteiger partial charge in [-0.2, -0.15) is 0 Å². The number of aryl methyl sites for hydroxylation is 2. The van der Waals surface area contributed by atoms with Gasteiger partial charge in [-0.15, -0.1) is 0 Å². The van der Waals surface area contributed by atoms with E-state index in [9.17, 15) is 4.79 Å². The molecule has 3 nitrogen and oxygen atoms in total. The molecule has 2 heterocycles. The number of rotatable bonds is 1. The van der Waals surface area contributed by atoms with E-state index >= 15 is 0 Å². The molecule has 78 valence electrons. The van der Waals surface area contributed by atoms with Gasteiger partial charge in [-0.3, -0.25) is 9.20 Å². The molecule has 0 aliphatic heterocycles. The van der Waals surface area contributed by atoms with Crippen molar-refractivity contribution in [3.8, 4) is 0 Å². The Bertz CT molecular complexity index is 570. The summed E-state index contributed by atoms with van der Waals surface area (Å²) in [5.41, 5.74) is 3.50. The Morgan fingerprint density at radius 3 is 2.80 bits per heavy atom. The third kappa shape index (κ3) is 1.44. The monoisotopic (exact) mass is 202 g/mol. The summed E-state index contributed by atoms with van der Waals surface area (Å²) in [7, 11) is 0. The first-order valence-corrected chi connectivity index (χ1v) is 5.12. The summed E-state index contributed by atoms with van der Waals surface area (Å²) in [5.74, 6) is 0. The summed E-state index contributed by atoms with van der Waals surface area (Å²) in [4.78, 5) is 16.5. The maximum atomic E-state index is 12.1. The first-order valence-electron chi connectivity index (χ1n) is 5.12. The Labute approximate surface area is 88.4 Å². The standard InChI is InChI=1S/C12H14N2O/c1-4-10-9(3)13-11-8(2)6-5-7-14(11)12(10)15/h5-7H,4H2,1-3H3. The van der Waals surface area contributed by atoms with E-state index in [0.717, 1.165) is 28.9 Å². The van der Waals surface area contributed by atoms with E-state index in [-0.39, 0.29) is 5.56 Å². The Morgan fingerprint density at radius 1 is 1.40 bits per heavy atom. The summed E-state index contributed by atoms with van der Waals surface area (Å²) >= 11 is 0. The smallest absolute Gasteiger partial charge is 0.261 e. The molecule has 2 rings (SSSR count). The zero-order valence-electron chi connectivity index (χ0n) is 9.24. The van der Waals surface area contributed by atoms with Gasteiger partial charge in [-0.25, -0.2) is 4.98 Å². The van der Waals surface area contributed by atoms with Gasteiger partial charge >= 0.3 is 0 Å². The van der Waals surface area contributed by atoms with Gasteiger partial charge in [0.1, 0.15) is 5.65 Å². The molecule has 3 heteroatoms. The first-order chi connectivity index (χ1) is 7.15. The largest absolute Gasteiger partial charge is 0.269 e. The van der Waals surface area contributed by atoms with Gasteiger partial charge < -0.3 is 0 Å². The quantitative estimate of drug-likeness (QED) is 0.707. The van der Waals surface area contributed by atoms with Gasteiger partial charge in [0.2, 0.25) is 0 Å². The summed E-state index contributed by atoms with van der Waals surface area (Å²) in [5, 5.41) is 0. The molecule has 0 radical (unpaired) electrons. The fraction of sp³-hybridized carbons (Fsp3) is 0.333. The number of hydrogen-bond acceptors (Lipinski definition) is 2. The van der Waals surface area contributed by atoms with Crippen molar-refractivity contribution < 1.29 is 0 Å². The highest BCUT2D eigenvalue weighted by molar-refractivity contribution is 5.47. The van der Waals surface area contributed by atoms with E-state index in [0.29, 0.717) is 0 Å². The van der Waals surface area contributed by atoms with Gasteiger partial charge in [0.05, 0.1) is 0 Å². The normalized spacial score (nSPS) is 10.9. The van der Waals surface area contributed by atoms with Crippen LogP contribution in [0.25, 0.3) is 5.65 Å². The second kappa shape index (κ2) is 3.50. The maximum Gasteiger partial charge on any atom is 0.261 e. The highest BCUT2D eigenvalue weighted by Gasteiger charge is 2.08. The van der Waals surface area contributed by atoms with Crippen molar-refractivity contribution in [3.05, 3.63) is 45.5 Å². The van der Waals surface area contributed by atoms with Crippen LogP contribution in [-0.4, -0.2) is 9.38 Å². The van der Waals surface area contributed by atoms with Crippen LogP contribution in [0.3, 0.4) is 0 Å². The Morgan fingerprint density at radius 2 is 2.13 bits per heavy atom. The SMILES string of the molecule is CCc1c(C)nc2c(C)cccn2c1=O. The molecule has 2 aromatic rings. The van der Waals surface area contributed by atoms with E-state index in [1.54, 1.807) is 10.6 Å². The van der Waals surface area contributed by atoms with Crippen LogP contribution in [0, 0.1) is 13.8 Å². The lowest BCUT2D eigenvalue weighted by molar-refractivity contribution is 0.931. The van der Waals surface area contributed by atoms with Crippen molar-refractivity contribution in [2.45, 2.75) is 27.2 Å². The second-order valence-electron chi connectivity index (χ2n) is 3.72. The molecule has 0 fully saturated rings. The summed E-state index contributed by atoms with van der Waals surface area (Å²) in [6.45, 7) is 5.84. The average Bonchev–Trinajstić information content (AvgIpc) is 2.20. The number of aromatic nitrogens is 2. The number of hydrogen-bond donors (Lipinski definition) is 0. The third-order valence-electron chi connectivity index (χ3n) is 2.70. The fourth-order valence-electron chi connectivity index (χ4n) is 1.85. The van der Waals surface area contributed by atoms with Gasteiger partial charge in [0, 0.05) is 17.5 Å². The number of pyridine rings is 1. The van der Waals surface area contributed by atoms with Crippen LogP contribution in [0.5, 0.6) is 0 Å². The minimum atomic E-state index is 0.0590. The molecule has 0 saturated heterocycles. The van der Waals surface area contributed by atoms with E-state index in [2.05, 4.69) is 4.98 Å². The molecule has 0 aliphatic carbocycles. The summed E-state index contributed by atoms with van der Waals surface area (Å²) in [6.07, 6.45) is 2.50. The number of fused-ring (bicyclic) bond motifs is 1. The van der Waals surface area contributed by atoms with E-state index in [1.165, 1.54) is 0 Å². The van der Waals surface area contributed by atoms with Crippen LogP contribution in [0.15, 0.2) is 23.1 Å². The van der Waals surface area contributed by atoms with Crippen LogP contribution < -0.4 is 5.56 Å². The van der Waals surface area contributed by atoms with E-state index in [4.69, 9.17) is 0 Å². The van der Waals surface area contributed by atoms with Crippen molar-refractivity contribution in [2.75, 3.05) is 0 Å². The van der Waals surface area contributed by atoms with Gasteiger partial charge in [0.25, 0.3) is 5.56 Å². The minimum absolute atomic E-state index is 0.0590. The van der Waals surface area contributed by atoms with Gasteiger partial charge in [-0.05, 0) is 31.9 Å². The number of nitrogens with zero attached hydrogens (tertiary/aromatic N) is 2. The Balaban J connectivity index is 2.98. The van der Waals surface area contributed by atoms with Gasteiger partial charge in [-0.1, -0.05) is 13.0 Å². The molecule has 2 aromatic heterocycles. The Hall–Kier alpha value is -1.64. The van der Waals surface area contributed by atoms with Crippen LogP contribution in [0.4, 0.5) is 0 Å². The van der Waals surface area contributed by atoms with Crippen molar-refractivity contribution in [2.24, 2.45) is 0 Å². The molecular formula is C12H14N2O. The molecular weight excluding hydrogens is 188 g/mol. The molecule has 0 amide bonds. The topological polar surface area (TPSA) is 34.4 Å². The predicted molar refractivity (Wildman–Crippen MR) is 60.3 cm³/mol. The zero-order valence-corrected chi connectivity index (χ0v) is 9.24. The van der Waals surface area contributed by atoms with E-state index < -0.39 is 0 Å². The third-order valence-corrected chi connectivity index (χ3v) is 2.70. The highest BCUT2D eigenvalue weighted by atomic mass is 16.1. The lowest BCUT2D eigenvalue weighted by Crippen LogP contribution is -2.21. The molecule has 0 N–H and O–H groups in total. The molecule has 0 aliphatic rings. The molecule has 0 spiro atoms. The summed E-state index contributed by atoms with van der Waals surface area (Å²) < 4.78 is 1.63.